The van der Waals surface area contributed by atoms with Crippen molar-refractivity contribution in [2.24, 2.45) is 17.8 Å². The largest absolute Gasteiger partial charge is 0.481 e. The summed E-state index contributed by atoms with van der Waals surface area (Å²) in [6.07, 6.45) is 5.76. The van der Waals surface area contributed by atoms with Crippen LogP contribution in [0.25, 0.3) is 0 Å². The smallest absolute Gasteiger partial charge is 0.323 e. The number of carbonyl (C=O) groups excluding carboxylic acids is 1. The molecule has 1 fully saturated rings. The maximum absolute atomic E-state index is 13.7. The number of aliphatic carboxylic acids is 1. The zero-order valence-corrected chi connectivity index (χ0v) is 21.0. The van der Waals surface area contributed by atoms with E-state index in [9.17, 15) is 24.2 Å². The Morgan fingerprint density at radius 1 is 1.15 bits per heavy atom. The van der Waals surface area contributed by atoms with E-state index in [1.54, 1.807) is 20.8 Å². The number of hydrogen-bond donors (Lipinski definition) is 3. The highest BCUT2D eigenvalue weighted by Gasteiger charge is 2.40. The number of carbonyl (C=O) groups is 2. The summed E-state index contributed by atoms with van der Waals surface area (Å²) < 4.78 is 18.9. The van der Waals surface area contributed by atoms with Crippen LogP contribution in [0.15, 0.2) is 30.3 Å². The Morgan fingerprint density at radius 2 is 1.79 bits per heavy atom. The zero-order valence-electron chi connectivity index (χ0n) is 20.1. The van der Waals surface area contributed by atoms with Crippen LogP contribution in [0.3, 0.4) is 0 Å². The van der Waals surface area contributed by atoms with E-state index in [1.165, 1.54) is 6.42 Å². The first-order chi connectivity index (χ1) is 15.6. The molecule has 186 valence electrons. The van der Waals surface area contributed by atoms with E-state index in [2.05, 4.69) is 5.32 Å². The van der Waals surface area contributed by atoms with Gasteiger partial charge in [-0.2, -0.15) is 0 Å². The third-order valence-corrected chi connectivity index (χ3v) is 8.85. The van der Waals surface area contributed by atoms with Crippen LogP contribution in [0.5, 0.6) is 0 Å². The maximum Gasteiger partial charge on any atom is 0.323 e. The van der Waals surface area contributed by atoms with E-state index < -0.39 is 37.1 Å². The van der Waals surface area contributed by atoms with Crippen LogP contribution in [-0.2, 0) is 25.3 Å². The molecule has 0 aliphatic heterocycles. The van der Waals surface area contributed by atoms with Crippen molar-refractivity contribution in [1.82, 2.24) is 5.32 Å². The SMILES string of the molecule is CCOC(=O)C(Cc1ccccc1)NC(CC1CCCCC1)P(=O)(O)CC(C(=O)O)C(C)C. The molecule has 0 heterocycles. The number of hydrogen-bond acceptors (Lipinski definition) is 5. The predicted molar refractivity (Wildman–Crippen MR) is 129 cm³/mol. The summed E-state index contributed by atoms with van der Waals surface area (Å²) >= 11 is 0. The standard InChI is InChI=1S/C25H40NO6P/c1-4-32-25(29)22(15-19-11-7-5-8-12-19)26-23(16-20-13-9-6-10-14-20)33(30,31)17-21(18(2)3)24(27)28/h5,7-8,11-12,18,20-23,26H,4,6,9-10,13-17H2,1-3H3,(H,27,28)(H,30,31). The Hall–Kier alpha value is -1.69. The number of carboxylic acids is 1. The number of esters is 1. The van der Waals surface area contributed by atoms with Crippen molar-refractivity contribution in [3.05, 3.63) is 35.9 Å². The maximum atomic E-state index is 13.7. The molecular weight excluding hydrogens is 441 g/mol. The molecule has 1 saturated carbocycles. The number of ether oxygens (including phenoxy) is 1. The molecule has 7 nitrogen and oxygen atoms in total. The monoisotopic (exact) mass is 481 g/mol. The van der Waals surface area contributed by atoms with Crippen LogP contribution in [0.2, 0.25) is 0 Å². The van der Waals surface area contributed by atoms with Gasteiger partial charge in [0.15, 0.2) is 0 Å². The fourth-order valence-electron chi connectivity index (χ4n) is 4.61. The normalized spacial score (nSPS) is 19.4. The zero-order chi connectivity index (χ0) is 24.4. The molecule has 1 aliphatic carbocycles. The molecule has 8 heteroatoms. The highest BCUT2D eigenvalue weighted by atomic mass is 31.2. The number of rotatable bonds is 13. The summed E-state index contributed by atoms with van der Waals surface area (Å²) in [6, 6.07) is 8.68. The van der Waals surface area contributed by atoms with Crippen molar-refractivity contribution in [1.29, 1.82) is 0 Å². The van der Waals surface area contributed by atoms with Gasteiger partial charge in [-0.15, -0.1) is 0 Å². The Labute approximate surface area is 197 Å². The van der Waals surface area contributed by atoms with Gasteiger partial charge < -0.3 is 14.7 Å². The molecule has 0 aromatic heterocycles. The topological polar surface area (TPSA) is 113 Å². The van der Waals surface area contributed by atoms with Crippen LogP contribution < -0.4 is 5.32 Å². The van der Waals surface area contributed by atoms with Crippen LogP contribution >= 0.6 is 7.37 Å². The number of carboxylic acid groups (broad SMARTS) is 1. The second-order valence-corrected chi connectivity index (χ2v) is 12.0. The fraction of sp³-hybridized carbons (Fsp3) is 0.680. The highest BCUT2D eigenvalue weighted by Crippen LogP contribution is 2.51. The average molecular weight is 482 g/mol. The summed E-state index contributed by atoms with van der Waals surface area (Å²) in [5, 5.41) is 12.8. The quantitative estimate of drug-likeness (QED) is 0.277. The van der Waals surface area contributed by atoms with Gasteiger partial charge in [0.2, 0.25) is 7.37 Å². The fourth-order valence-corrected chi connectivity index (χ4v) is 7.04. The molecule has 1 aliphatic rings. The Morgan fingerprint density at radius 3 is 2.33 bits per heavy atom. The summed E-state index contributed by atoms with van der Waals surface area (Å²) in [4.78, 5) is 35.7. The Kier molecular flexibility index (Phi) is 11.1. The van der Waals surface area contributed by atoms with E-state index >= 15 is 0 Å². The molecule has 4 atom stereocenters. The van der Waals surface area contributed by atoms with Crippen molar-refractivity contribution in [2.45, 2.75) is 77.5 Å². The van der Waals surface area contributed by atoms with E-state index in [-0.39, 0.29) is 24.6 Å². The van der Waals surface area contributed by atoms with Gasteiger partial charge >= 0.3 is 11.9 Å². The van der Waals surface area contributed by atoms with Gasteiger partial charge in [-0.1, -0.05) is 76.3 Å². The molecular formula is C25H40NO6P. The lowest BCUT2D eigenvalue weighted by Crippen LogP contribution is -2.47. The van der Waals surface area contributed by atoms with Crippen LogP contribution in [-0.4, -0.2) is 46.5 Å². The first-order valence-electron chi connectivity index (χ1n) is 12.1. The first kappa shape index (κ1) is 27.6. The van der Waals surface area contributed by atoms with Gasteiger partial charge in [0.1, 0.15) is 6.04 Å². The Balaban J connectivity index is 2.31. The van der Waals surface area contributed by atoms with Gasteiger partial charge in [-0.3, -0.25) is 19.5 Å². The molecule has 0 bridgehead atoms. The van der Waals surface area contributed by atoms with Crippen LogP contribution in [0.1, 0.15) is 64.9 Å². The minimum absolute atomic E-state index is 0.213. The van der Waals surface area contributed by atoms with Gasteiger partial charge in [0.05, 0.1) is 18.3 Å². The van der Waals surface area contributed by atoms with Crippen LogP contribution in [0.4, 0.5) is 0 Å². The lowest BCUT2D eigenvalue weighted by atomic mass is 9.87. The molecule has 2 rings (SSSR count). The average Bonchev–Trinajstić information content (AvgIpc) is 2.77. The lowest BCUT2D eigenvalue weighted by Gasteiger charge is -2.33. The van der Waals surface area contributed by atoms with Crippen molar-refractivity contribution in [3.63, 3.8) is 0 Å². The summed E-state index contributed by atoms with van der Waals surface area (Å²) in [5.41, 5.74) is 0.915. The van der Waals surface area contributed by atoms with Gasteiger partial charge in [-0.25, -0.2) is 0 Å². The molecule has 1 aromatic carbocycles. The molecule has 0 amide bonds. The van der Waals surface area contributed by atoms with Crippen molar-refractivity contribution in [2.75, 3.05) is 12.8 Å². The van der Waals surface area contributed by atoms with Gasteiger partial charge in [0.25, 0.3) is 0 Å². The highest BCUT2D eigenvalue weighted by molar-refractivity contribution is 7.58. The Bertz CT molecular complexity index is 793. The number of benzene rings is 1. The molecule has 3 N–H and O–H groups in total. The predicted octanol–water partition coefficient (Wildman–Crippen LogP) is 4.67. The van der Waals surface area contributed by atoms with E-state index in [0.717, 1.165) is 31.2 Å². The summed E-state index contributed by atoms with van der Waals surface area (Å²) in [6.45, 7) is 5.44. The van der Waals surface area contributed by atoms with Crippen molar-refractivity contribution in [3.8, 4) is 0 Å². The summed E-state index contributed by atoms with van der Waals surface area (Å²) in [7, 11) is -3.95. The third kappa shape index (κ3) is 8.88. The van der Waals surface area contributed by atoms with Gasteiger partial charge in [-0.05, 0) is 37.2 Å². The first-order valence-corrected chi connectivity index (χ1v) is 14.1. The van der Waals surface area contributed by atoms with Crippen molar-refractivity contribution >= 4 is 19.3 Å². The van der Waals surface area contributed by atoms with Crippen molar-refractivity contribution < 1.29 is 28.9 Å². The van der Waals surface area contributed by atoms with Crippen LogP contribution in [0, 0.1) is 17.8 Å². The van der Waals surface area contributed by atoms with E-state index in [4.69, 9.17) is 4.74 Å². The molecule has 0 spiro atoms. The van der Waals surface area contributed by atoms with Gasteiger partial charge in [0, 0.05) is 6.16 Å². The molecule has 1 aromatic rings. The molecule has 33 heavy (non-hydrogen) atoms. The molecule has 0 radical (unpaired) electrons. The second-order valence-electron chi connectivity index (χ2n) is 9.54. The van der Waals surface area contributed by atoms with E-state index in [0.29, 0.717) is 12.8 Å². The summed E-state index contributed by atoms with van der Waals surface area (Å²) in [5.74, 6) is -3.32. The third-order valence-electron chi connectivity index (χ3n) is 6.60. The van der Waals surface area contributed by atoms with E-state index in [1.807, 2.05) is 30.3 Å². The molecule has 0 saturated heterocycles. The minimum Gasteiger partial charge on any atom is -0.481 e. The minimum atomic E-state index is -3.95. The lowest BCUT2D eigenvalue weighted by molar-refractivity contribution is -0.146. The number of nitrogens with one attached hydrogen (secondary N) is 1. The molecule has 4 unspecified atom stereocenters. The second kappa shape index (κ2) is 13.3.